The Kier molecular flexibility index (Phi) is 17.0. The third kappa shape index (κ3) is 13.8. The van der Waals surface area contributed by atoms with Gasteiger partial charge in [0.1, 0.15) is 11.5 Å². The molecule has 0 amide bonds. The van der Waals surface area contributed by atoms with Gasteiger partial charge in [-0.05, 0) is 39.5 Å². The Morgan fingerprint density at radius 3 is 0.967 bits per heavy atom. The van der Waals surface area contributed by atoms with Gasteiger partial charge in [0, 0.05) is 0 Å². The molecule has 0 aromatic carbocycles. The lowest BCUT2D eigenvalue weighted by atomic mass is 10.4. The lowest BCUT2D eigenvalue weighted by Crippen LogP contribution is -2.06. The summed E-state index contributed by atoms with van der Waals surface area (Å²) < 4.78 is 58.7. The highest BCUT2D eigenvalue weighted by Gasteiger charge is 2.32. The van der Waals surface area contributed by atoms with Crippen molar-refractivity contribution in [2.24, 2.45) is 0 Å². The fraction of sp³-hybridized carbons (Fsp3) is 0.900. The van der Waals surface area contributed by atoms with Crippen molar-refractivity contribution in [1.29, 1.82) is 0 Å². The number of phosphoric ester groups is 2. The van der Waals surface area contributed by atoms with Crippen molar-refractivity contribution in [3.05, 3.63) is 11.5 Å². The fourth-order valence-corrected chi connectivity index (χ4v) is 4.63. The van der Waals surface area contributed by atoms with E-state index in [1.807, 2.05) is 27.7 Å². The largest absolute Gasteiger partial charge is 0.529 e. The zero-order chi connectivity index (χ0) is 22.9. The molecule has 10 heteroatoms. The number of phosphoric acid groups is 2. The van der Waals surface area contributed by atoms with Gasteiger partial charge < -0.3 is 9.05 Å². The van der Waals surface area contributed by atoms with Crippen LogP contribution in [0, 0.1) is 0 Å². The van der Waals surface area contributed by atoms with E-state index < -0.39 is 15.6 Å². The van der Waals surface area contributed by atoms with Crippen molar-refractivity contribution < 1.29 is 36.3 Å². The van der Waals surface area contributed by atoms with Gasteiger partial charge >= 0.3 is 15.6 Å². The van der Waals surface area contributed by atoms with Gasteiger partial charge in [-0.2, -0.15) is 0 Å². The zero-order valence-electron chi connectivity index (χ0n) is 19.6. The summed E-state index contributed by atoms with van der Waals surface area (Å²) in [6, 6.07) is 0. The summed E-state index contributed by atoms with van der Waals surface area (Å²) in [7, 11) is -7.63. The summed E-state index contributed by atoms with van der Waals surface area (Å²) in [5.41, 5.74) is 0. The topological polar surface area (TPSA) is 89.5 Å². The highest BCUT2D eigenvalue weighted by molar-refractivity contribution is 7.49. The predicted molar refractivity (Wildman–Crippen MR) is 119 cm³/mol. The number of rotatable bonds is 20. The molecule has 0 aliphatic heterocycles. The number of allylic oxidation sites excluding steroid dienone is 2. The van der Waals surface area contributed by atoms with E-state index in [0.717, 1.165) is 51.4 Å². The predicted octanol–water partition coefficient (Wildman–Crippen LogP) is 7.75. The molecule has 0 fully saturated rings. The van der Waals surface area contributed by atoms with Gasteiger partial charge in [0.15, 0.2) is 0 Å². The van der Waals surface area contributed by atoms with Crippen LogP contribution in [0.5, 0.6) is 0 Å². The van der Waals surface area contributed by atoms with Crippen LogP contribution in [0.1, 0.15) is 92.9 Å². The van der Waals surface area contributed by atoms with E-state index in [4.69, 9.17) is 27.1 Å². The van der Waals surface area contributed by atoms with Gasteiger partial charge in [-0.1, -0.05) is 53.4 Å². The first-order chi connectivity index (χ1) is 14.3. The molecule has 0 aliphatic carbocycles. The van der Waals surface area contributed by atoms with Crippen molar-refractivity contribution in [2.45, 2.75) is 92.9 Å². The highest BCUT2D eigenvalue weighted by Crippen LogP contribution is 2.55. The maximum Gasteiger partial charge on any atom is 0.529 e. The van der Waals surface area contributed by atoms with Crippen LogP contribution in [0.2, 0.25) is 0 Å². The zero-order valence-corrected chi connectivity index (χ0v) is 21.4. The summed E-state index contributed by atoms with van der Waals surface area (Å²) in [6.45, 7) is 12.1. The Bertz CT molecular complexity index is 489. The van der Waals surface area contributed by atoms with Crippen LogP contribution in [-0.4, -0.2) is 26.4 Å². The summed E-state index contributed by atoms with van der Waals surface area (Å²) in [5.74, 6) is 0.287. The average molecular weight is 472 g/mol. The molecule has 0 atom stereocenters. The van der Waals surface area contributed by atoms with Crippen LogP contribution < -0.4 is 0 Å². The Morgan fingerprint density at radius 2 is 0.767 bits per heavy atom. The lowest BCUT2D eigenvalue weighted by molar-refractivity contribution is 0.116. The van der Waals surface area contributed by atoms with Crippen LogP contribution in [0.25, 0.3) is 0 Å². The van der Waals surface area contributed by atoms with Crippen LogP contribution >= 0.6 is 15.6 Å². The smallest absolute Gasteiger partial charge is 0.405 e. The quantitative estimate of drug-likeness (QED) is 0.101. The molecular weight excluding hydrogens is 430 g/mol. The summed E-state index contributed by atoms with van der Waals surface area (Å²) >= 11 is 0. The lowest BCUT2D eigenvalue weighted by Gasteiger charge is -2.22. The highest BCUT2D eigenvalue weighted by atomic mass is 31.2. The van der Waals surface area contributed by atoms with E-state index in [1.54, 1.807) is 13.8 Å². The van der Waals surface area contributed by atoms with Gasteiger partial charge in [0.2, 0.25) is 0 Å². The van der Waals surface area contributed by atoms with Gasteiger partial charge in [0.25, 0.3) is 0 Å². The third-order valence-corrected chi connectivity index (χ3v) is 6.97. The van der Waals surface area contributed by atoms with Gasteiger partial charge in [-0.15, -0.1) is 0 Å². The minimum atomic E-state index is -3.82. The Hall–Kier alpha value is -0.360. The van der Waals surface area contributed by atoms with E-state index in [-0.39, 0.29) is 37.9 Å². The first-order valence-electron chi connectivity index (χ1n) is 11.1. The standard InChI is InChI=1S/C20H42O8P2/c1-7-11-15-23-29(21,24-16-12-8-2)27-19(5)20(6)28-30(22,25-17-13-9-3)26-18-14-10-4/h7-18H2,1-6H3. The van der Waals surface area contributed by atoms with Crippen LogP contribution in [0.4, 0.5) is 0 Å². The normalized spacial score (nSPS) is 13.3. The molecule has 0 N–H and O–H groups in total. The maximum atomic E-state index is 13.0. The molecular formula is C20H42O8P2. The van der Waals surface area contributed by atoms with Crippen molar-refractivity contribution in [2.75, 3.05) is 26.4 Å². The molecule has 0 bridgehead atoms. The second-order valence-electron chi connectivity index (χ2n) is 6.94. The molecule has 0 aromatic rings. The molecule has 0 heterocycles. The summed E-state index contributed by atoms with van der Waals surface area (Å²) in [4.78, 5) is 0. The maximum absolute atomic E-state index is 13.0. The molecule has 0 saturated heterocycles. The SMILES string of the molecule is CCCCOP(=O)(OCCCC)OC(C)=C(C)OP(=O)(OCCCC)OCCCC. The Morgan fingerprint density at radius 1 is 0.533 bits per heavy atom. The number of hydrogen-bond donors (Lipinski definition) is 0. The molecule has 0 radical (unpaired) electrons. The van der Waals surface area contributed by atoms with E-state index >= 15 is 0 Å². The Labute approximate surface area is 183 Å². The van der Waals surface area contributed by atoms with Crippen molar-refractivity contribution in [3.8, 4) is 0 Å². The Balaban J connectivity index is 5.25. The third-order valence-electron chi connectivity index (χ3n) is 3.98. The van der Waals surface area contributed by atoms with E-state index in [2.05, 4.69) is 0 Å². The molecule has 8 nitrogen and oxygen atoms in total. The summed E-state index contributed by atoms with van der Waals surface area (Å²) in [5, 5.41) is 0. The van der Waals surface area contributed by atoms with Crippen LogP contribution in [0.15, 0.2) is 11.5 Å². The van der Waals surface area contributed by atoms with E-state index in [1.165, 1.54) is 0 Å². The molecule has 0 aliphatic rings. The minimum Gasteiger partial charge on any atom is -0.405 e. The van der Waals surface area contributed by atoms with Gasteiger partial charge in [0.05, 0.1) is 26.4 Å². The summed E-state index contributed by atoms with van der Waals surface area (Å²) in [6.07, 6.45) is 6.48. The molecule has 0 aromatic heterocycles. The minimum absolute atomic E-state index is 0.143. The first kappa shape index (κ1) is 29.6. The molecule has 0 spiro atoms. The van der Waals surface area contributed by atoms with Gasteiger partial charge in [-0.3, -0.25) is 18.1 Å². The van der Waals surface area contributed by atoms with E-state index in [9.17, 15) is 9.13 Å². The van der Waals surface area contributed by atoms with Crippen molar-refractivity contribution in [3.63, 3.8) is 0 Å². The molecule has 0 saturated carbocycles. The van der Waals surface area contributed by atoms with Crippen LogP contribution in [0.3, 0.4) is 0 Å². The first-order valence-corrected chi connectivity index (χ1v) is 14.0. The van der Waals surface area contributed by atoms with Crippen molar-refractivity contribution in [1.82, 2.24) is 0 Å². The molecule has 0 rings (SSSR count). The van der Waals surface area contributed by atoms with E-state index in [0.29, 0.717) is 0 Å². The number of unbranched alkanes of at least 4 members (excludes halogenated alkanes) is 4. The van der Waals surface area contributed by atoms with Gasteiger partial charge in [-0.25, -0.2) is 9.13 Å². The molecule has 180 valence electrons. The fourth-order valence-electron chi connectivity index (χ4n) is 1.93. The van der Waals surface area contributed by atoms with Crippen LogP contribution in [-0.2, 0) is 36.3 Å². The number of hydrogen-bond acceptors (Lipinski definition) is 8. The second-order valence-corrected chi connectivity index (χ2v) is 10.1. The average Bonchev–Trinajstić information content (AvgIpc) is 2.68. The molecule has 0 unspecified atom stereocenters. The second kappa shape index (κ2) is 17.2. The van der Waals surface area contributed by atoms with Crippen molar-refractivity contribution >= 4 is 15.6 Å². The molecule has 30 heavy (non-hydrogen) atoms. The monoisotopic (exact) mass is 472 g/mol.